The van der Waals surface area contributed by atoms with Crippen LogP contribution in [-0.4, -0.2) is 23.1 Å². The van der Waals surface area contributed by atoms with Gasteiger partial charge >= 0.3 is 0 Å². The molecule has 1 aromatic rings. The minimum Gasteiger partial charge on any atom is -0.480 e. The van der Waals surface area contributed by atoms with E-state index in [2.05, 4.69) is 16.1 Å². The van der Waals surface area contributed by atoms with E-state index in [4.69, 9.17) is 11.2 Å². The fourth-order valence-electron chi connectivity index (χ4n) is 0.761. The monoisotopic (exact) mass is 176 g/mol. The molecule has 0 fully saturated rings. The molecule has 0 bridgehead atoms. The van der Waals surface area contributed by atoms with Crippen LogP contribution in [0.5, 0.6) is 5.88 Å². The normalized spacial score (nSPS) is 8.92. The van der Waals surface area contributed by atoms with Crippen LogP contribution in [0.2, 0.25) is 0 Å². The third-order valence-corrected chi connectivity index (χ3v) is 1.40. The van der Waals surface area contributed by atoms with Crippen LogP contribution in [0.4, 0.5) is 0 Å². The van der Waals surface area contributed by atoms with Crippen molar-refractivity contribution in [2.75, 3.05) is 7.11 Å². The zero-order valence-electron chi connectivity index (χ0n) is 7.15. The van der Waals surface area contributed by atoms with Gasteiger partial charge in [0.2, 0.25) is 5.88 Å². The number of ether oxygens (including phenoxy) is 1. The standard InChI is InChI=1S/C9H8N2O2/c1-3-4-8(12)7-5-6-9(13-2)11-10-7/h1,5-6H,4H2,2H3. The second-order valence-corrected chi connectivity index (χ2v) is 2.27. The number of ketones is 1. The van der Waals surface area contributed by atoms with E-state index in [9.17, 15) is 4.79 Å². The number of nitrogens with zero attached hydrogens (tertiary/aromatic N) is 2. The van der Waals surface area contributed by atoms with E-state index in [0.29, 0.717) is 5.88 Å². The first-order valence-corrected chi connectivity index (χ1v) is 3.62. The minimum atomic E-state index is -0.211. The Morgan fingerprint density at radius 1 is 1.62 bits per heavy atom. The summed E-state index contributed by atoms with van der Waals surface area (Å²) in [6, 6.07) is 3.10. The van der Waals surface area contributed by atoms with Gasteiger partial charge in [0.15, 0.2) is 5.78 Å². The van der Waals surface area contributed by atoms with E-state index in [1.54, 1.807) is 6.07 Å². The predicted molar refractivity (Wildman–Crippen MR) is 46.4 cm³/mol. The molecule has 0 spiro atoms. The molecule has 4 nitrogen and oxygen atoms in total. The Kier molecular flexibility index (Phi) is 2.98. The minimum absolute atomic E-state index is 0.0427. The van der Waals surface area contributed by atoms with Gasteiger partial charge in [-0.25, -0.2) is 0 Å². The van der Waals surface area contributed by atoms with E-state index < -0.39 is 0 Å². The molecule has 0 aliphatic heterocycles. The first-order chi connectivity index (χ1) is 6.27. The van der Waals surface area contributed by atoms with Gasteiger partial charge in [0, 0.05) is 6.07 Å². The summed E-state index contributed by atoms with van der Waals surface area (Å²) in [5, 5.41) is 7.29. The third kappa shape index (κ3) is 2.27. The molecule has 0 aliphatic rings. The highest BCUT2D eigenvalue weighted by molar-refractivity contribution is 5.95. The van der Waals surface area contributed by atoms with Gasteiger partial charge in [-0.2, -0.15) is 0 Å². The maximum atomic E-state index is 11.2. The van der Waals surface area contributed by atoms with E-state index in [1.165, 1.54) is 13.2 Å². The Morgan fingerprint density at radius 2 is 2.38 bits per heavy atom. The largest absolute Gasteiger partial charge is 0.480 e. The Bertz CT molecular complexity index is 338. The van der Waals surface area contributed by atoms with E-state index in [0.717, 1.165) is 0 Å². The number of methoxy groups -OCH3 is 1. The predicted octanol–water partition coefficient (Wildman–Crippen LogP) is 0.691. The van der Waals surface area contributed by atoms with Gasteiger partial charge < -0.3 is 4.74 Å². The van der Waals surface area contributed by atoms with Gasteiger partial charge in [-0.3, -0.25) is 4.79 Å². The van der Waals surface area contributed by atoms with Gasteiger partial charge in [0.25, 0.3) is 0 Å². The van der Waals surface area contributed by atoms with Gasteiger partial charge in [0.1, 0.15) is 5.69 Å². The average molecular weight is 176 g/mol. The van der Waals surface area contributed by atoms with Crippen LogP contribution in [-0.2, 0) is 0 Å². The molecule has 0 amide bonds. The fourth-order valence-corrected chi connectivity index (χ4v) is 0.761. The summed E-state index contributed by atoms with van der Waals surface area (Å²) in [7, 11) is 1.48. The molecule has 4 heteroatoms. The molecule has 0 radical (unpaired) electrons. The lowest BCUT2D eigenvalue weighted by Crippen LogP contribution is -2.02. The van der Waals surface area contributed by atoms with Gasteiger partial charge in [0.05, 0.1) is 13.5 Å². The van der Waals surface area contributed by atoms with Crippen molar-refractivity contribution < 1.29 is 9.53 Å². The van der Waals surface area contributed by atoms with Crippen molar-refractivity contribution in [3.05, 3.63) is 17.8 Å². The topological polar surface area (TPSA) is 52.1 Å². The van der Waals surface area contributed by atoms with Crippen LogP contribution in [0.25, 0.3) is 0 Å². The molecule has 0 N–H and O–H groups in total. The highest BCUT2D eigenvalue weighted by atomic mass is 16.5. The van der Waals surface area contributed by atoms with Crippen molar-refractivity contribution in [1.82, 2.24) is 10.2 Å². The maximum absolute atomic E-state index is 11.2. The number of hydrogen-bond acceptors (Lipinski definition) is 4. The molecule has 1 aromatic heterocycles. The van der Waals surface area contributed by atoms with Crippen LogP contribution in [0.3, 0.4) is 0 Å². The molecule has 0 atom stereocenters. The Labute approximate surface area is 75.9 Å². The molecule has 1 heterocycles. The molecular formula is C9H8N2O2. The van der Waals surface area contributed by atoms with Crippen molar-refractivity contribution in [3.8, 4) is 18.2 Å². The number of carbonyl (C=O) groups excluding carboxylic acids is 1. The van der Waals surface area contributed by atoms with Crippen LogP contribution in [0.1, 0.15) is 16.9 Å². The van der Waals surface area contributed by atoms with Crippen LogP contribution in [0, 0.1) is 12.3 Å². The zero-order valence-corrected chi connectivity index (χ0v) is 7.15. The molecule has 0 unspecified atom stereocenters. The Hall–Kier alpha value is -1.89. The number of Topliss-reactive ketones (excluding diaryl/α,β-unsaturated/α-hetero) is 1. The highest BCUT2D eigenvalue weighted by Gasteiger charge is 2.05. The summed E-state index contributed by atoms with van der Waals surface area (Å²) in [6.45, 7) is 0. The average Bonchev–Trinajstić information content (AvgIpc) is 2.18. The smallest absolute Gasteiger partial charge is 0.233 e. The molecule has 13 heavy (non-hydrogen) atoms. The number of rotatable bonds is 3. The molecule has 1 rings (SSSR count). The SMILES string of the molecule is C#CCC(=O)c1ccc(OC)nn1. The van der Waals surface area contributed by atoms with Crippen molar-refractivity contribution in [1.29, 1.82) is 0 Å². The highest BCUT2D eigenvalue weighted by Crippen LogP contribution is 2.04. The van der Waals surface area contributed by atoms with Gasteiger partial charge in [-0.05, 0) is 6.07 Å². The fraction of sp³-hybridized carbons (Fsp3) is 0.222. The summed E-state index contributed by atoms with van der Waals surface area (Å²) in [5.41, 5.74) is 0.263. The first-order valence-electron chi connectivity index (χ1n) is 3.62. The number of terminal acetylenes is 1. The number of carbonyl (C=O) groups is 1. The quantitative estimate of drug-likeness (QED) is 0.502. The third-order valence-electron chi connectivity index (χ3n) is 1.40. The molecule has 0 saturated heterocycles. The second-order valence-electron chi connectivity index (χ2n) is 2.27. The van der Waals surface area contributed by atoms with Crippen LogP contribution in [0.15, 0.2) is 12.1 Å². The summed E-state index contributed by atoms with van der Waals surface area (Å²) >= 11 is 0. The summed E-state index contributed by atoms with van der Waals surface area (Å²) in [5.74, 6) is 2.41. The van der Waals surface area contributed by atoms with E-state index in [1.807, 2.05) is 0 Å². The molecule has 66 valence electrons. The second kappa shape index (κ2) is 4.21. The van der Waals surface area contributed by atoms with Gasteiger partial charge in [-0.1, -0.05) is 5.92 Å². The summed E-state index contributed by atoms with van der Waals surface area (Å²) in [6.07, 6.45) is 5.02. The van der Waals surface area contributed by atoms with Gasteiger partial charge in [-0.15, -0.1) is 16.6 Å². The zero-order chi connectivity index (χ0) is 9.68. The van der Waals surface area contributed by atoms with Crippen molar-refractivity contribution in [2.45, 2.75) is 6.42 Å². The summed E-state index contributed by atoms with van der Waals surface area (Å²) < 4.78 is 4.78. The lowest BCUT2D eigenvalue weighted by Gasteiger charge is -1.97. The van der Waals surface area contributed by atoms with Crippen LogP contribution >= 0.6 is 0 Å². The maximum Gasteiger partial charge on any atom is 0.233 e. The molecule has 0 aliphatic carbocycles. The van der Waals surface area contributed by atoms with Crippen molar-refractivity contribution >= 4 is 5.78 Å². The lowest BCUT2D eigenvalue weighted by atomic mass is 10.2. The van der Waals surface area contributed by atoms with E-state index in [-0.39, 0.29) is 17.9 Å². The first kappa shape index (κ1) is 9.20. The van der Waals surface area contributed by atoms with Crippen molar-refractivity contribution in [2.24, 2.45) is 0 Å². The molecular weight excluding hydrogens is 168 g/mol. The molecule has 0 aromatic carbocycles. The number of hydrogen-bond donors (Lipinski definition) is 0. The van der Waals surface area contributed by atoms with Crippen molar-refractivity contribution in [3.63, 3.8) is 0 Å². The Balaban J connectivity index is 2.81. The molecule has 0 saturated carbocycles. The van der Waals surface area contributed by atoms with E-state index >= 15 is 0 Å². The number of aromatic nitrogens is 2. The summed E-state index contributed by atoms with van der Waals surface area (Å²) in [4.78, 5) is 11.2. The lowest BCUT2D eigenvalue weighted by molar-refractivity contribution is 0.0992. The Morgan fingerprint density at radius 3 is 2.85 bits per heavy atom. The van der Waals surface area contributed by atoms with Crippen LogP contribution < -0.4 is 4.74 Å².